The SMILES string of the molecule is Cc1cnc[c]([Sn]([CH3])([CH3])[CH3])n1. The Bertz CT molecular complexity index is 253. The van der Waals surface area contributed by atoms with E-state index in [1.165, 1.54) is 3.71 Å². The molecule has 0 aliphatic carbocycles. The molecular weight excluding hydrogens is 243 g/mol. The second-order valence-corrected chi connectivity index (χ2v) is 18.1. The molecule has 0 fully saturated rings. The quantitative estimate of drug-likeness (QED) is 0.709. The first-order valence-electron chi connectivity index (χ1n) is 3.79. The van der Waals surface area contributed by atoms with Crippen molar-refractivity contribution >= 4 is 22.1 Å². The molecule has 0 unspecified atom stereocenters. The van der Waals surface area contributed by atoms with Crippen molar-refractivity contribution < 1.29 is 0 Å². The molecule has 0 radical (unpaired) electrons. The fourth-order valence-corrected chi connectivity index (χ4v) is 3.60. The molecule has 0 bridgehead atoms. The van der Waals surface area contributed by atoms with Crippen LogP contribution in [0.2, 0.25) is 14.8 Å². The average Bonchev–Trinajstić information content (AvgIpc) is 1.86. The summed E-state index contributed by atoms with van der Waals surface area (Å²) in [6.45, 7) is 1.99. The first-order valence-corrected chi connectivity index (χ1v) is 13.8. The topological polar surface area (TPSA) is 25.8 Å². The molecule has 1 aromatic rings. The van der Waals surface area contributed by atoms with E-state index in [2.05, 4.69) is 24.8 Å². The van der Waals surface area contributed by atoms with E-state index in [1.54, 1.807) is 6.20 Å². The van der Waals surface area contributed by atoms with Crippen LogP contribution in [0, 0.1) is 6.92 Å². The van der Waals surface area contributed by atoms with Crippen LogP contribution in [0.5, 0.6) is 0 Å². The van der Waals surface area contributed by atoms with Crippen LogP contribution < -0.4 is 3.71 Å². The fourth-order valence-electron chi connectivity index (χ4n) is 0.825. The molecule has 3 heteroatoms. The number of hydrogen-bond acceptors (Lipinski definition) is 2. The monoisotopic (exact) mass is 258 g/mol. The number of nitrogens with zero attached hydrogens (tertiary/aromatic N) is 2. The summed E-state index contributed by atoms with van der Waals surface area (Å²) in [4.78, 5) is 15.7. The summed E-state index contributed by atoms with van der Waals surface area (Å²) in [5.41, 5.74) is 1.04. The normalized spacial score (nSPS) is 11.6. The van der Waals surface area contributed by atoms with Gasteiger partial charge in [-0.3, -0.25) is 0 Å². The molecule has 0 amide bonds. The molecule has 1 rings (SSSR count). The van der Waals surface area contributed by atoms with E-state index in [-0.39, 0.29) is 0 Å². The van der Waals surface area contributed by atoms with E-state index in [0.717, 1.165) is 5.69 Å². The van der Waals surface area contributed by atoms with Gasteiger partial charge in [0, 0.05) is 0 Å². The third-order valence-corrected chi connectivity index (χ3v) is 6.60. The van der Waals surface area contributed by atoms with Gasteiger partial charge in [-0.25, -0.2) is 0 Å². The Labute approximate surface area is 71.9 Å². The maximum atomic E-state index is 4.48. The predicted octanol–water partition coefficient (Wildman–Crippen LogP) is 1.33. The molecule has 0 saturated carbocycles. The molecule has 1 aromatic heterocycles. The van der Waals surface area contributed by atoms with Crippen molar-refractivity contribution in [1.82, 2.24) is 9.97 Å². The van der Waals surface area contributed by atoms with Crippen LogP contribution in [0.3, 0.4) is 0 Å². The van der Waals surface area contributed by atoms with Crippen molar-refractivity contribution in [1.29, 1.82) is 0 Å². The van der Waals surface area contributed by atoms with Crippen molar-refractivity contribution in [3.8, 4) is 0 Å². The van der Waals surface area contributed by atoms with Gasteiger partial charge >= 0.3 is 71.9 Å². The van der Waals surface area contributed by atoms with Gasteiger partial charge in [-0.2, -0.15) is 0 Å². The Hall–Kier alpha value is -0.121. The predicted molar refractivity (Wildman–Crippen MR) is 49.7 cm³/mol. The second-order valence-electron chi connectivity index (χ2n) is 3.80. The van der Waals surface area contributed by atoms with Crippen molar-refractivity contribution in [2.24, 2.45) is 0 Å². The van der Waals surface area contributed by atoms with E-state index in [0.29, 0.717) is 0 Å². The molecule has 0 saturated heterocycles. The molecule has 0 spiro atoms. The van der Waals surface area contributed by atoms with Gasteiger partial charge in [-0.15, -0.1) is 0 Å². The van der Waals surface area contributed by atoms with Crippen LogP contribution in [0.25, 0.3) is 0 Å². The summed E-state index contributed by atoms with van der Waals surface area (Å²) in [6, 6.07) is 0. The number of aromatic nitrogens is 2. The zero-order valence-electron chi connectivity index (χ0n) is 7.55. The van der Waals surface area contributed by atoms with Crippen LogP contribution in [-0.4, -0.2) is 28.3 Å². The molecule has 0 aliphatic heterocycles. The van der Waals surface area contributed by atoms with Crippen molar-refractivity contribution in [3.05, 3.63) is 18.1 Å². The molecular formula is C8H14N2Sn. The second kappa shape index (κ2) is 3.09. The molecule has 11 heavy (non-hydrogen) atoms. The Morgan fingerprint density at radius 2 is 1.82 bits per heavy atom. The fraction of sp³-hybridized carbons (Fsp3) is 0.500. The van der Waals surface area contributed by atoms with Gasteiger partial charge in [-0.05, 0) is 0 Å². The summed E-state index contributed by atoms with van der Waals surface area (Å²) in [5, 5.41) is 0. The first kappa shape index (κ1) is 8.97. The molecule has 2 nitrogen and oxygen atoms in total. The summed E-state index contributed by atoms with van der Waals surface area (Å²) >= 11 is -1.93. The van der Waals surface area contributed by atoms with E-state index in [1.807, 2.05) is 13.1 Å². The zero-order valence-corrected chi connectivity index (χ0v) is 10.4. The average molecular weight is 257 g/mol. The van der Waals surface area contributed by atoms with Gasteiger partial charge < -0.3 is 0 Å². The molecule has 60 valence electrons. The van der Waals surface area contributed by atoms with Crippen LogP contribution >= 0.6 is 0 Å². The van der Waals surface area contributed by atoms with Gasteiger partial charge in [0.2, 0.25) is 0 Å². The molecule has 1 heterocycles. The van der Waals surface area contributed by atoms with E-state index < -0.39 is 18.4 Å². The van der Waals surface area contributed by atoms with Gasteiger partial charge in [-0.1, -0.05) is 0 Å². The Morgan fingerprint density at radius 3 is 2.18 bits per heavy atom. The van der Waals surface area contributed by atoms with Gasteiger partial charge in [0.25, 0.3) is 0 Å². The van der Waals surface area contributed by atoms with Gasteiger partial charge in [0.1, 0.15) is 0 Å². The summed E-state index contributed by atoms with van der Waals surface area (Å²) in [7, 11) is 0. The third kappa shape index (κ3) is 2.43. The van der Waals surface area contributed by atoms with Gasteiger partial charge in [0.15, 0.2) is 0 Å². The Morgan fingerprint density at radius 1 is 1.18 bits per heavy atom. The van der Waals surface area contributed by atoms with E-state index >= 15 is 0 Å². The first-order chi connectivity index (χ1) is 5.00. The van der Waals surface area contributed by atoms with E-state index in [4.69, 9.17) is 0 Å². The minimum atomic E-state index is -1.93. The minimum absolute atomic E-state index is 1.04. The van der Waals surface area contributed by atoms with Crippen LogP contribution in [0.1, 0.15) is 5.69 Å². The third-order valence-electron chi connectivity index (χ3n) is 1.52. The summed E-state index contributed by atoms with van der Waals surface area (Å²) < 4.78 is 1.26. The summed E-state index contributed by atoms with van der Waals surface area (Å²) in [5.74, 6) is 0. The maximum absolute atomic E-state index is 4.48. The van der Waals surface area contributed by atoms with E-state index in [9.17, 15) is 0 Å². The number of hydrogen-bond donors (Lipinski definition) is 0. The number of aryl methyl sites for hydroxylation is 1. The molecule has 0 N–H and O–H groups in total. The van der Waals surface area contributed by atoms with Gasteiger partial charge in [0.05, 0.1) is 0 Å². The molecule has 0 aromatic carbocycles. The van der Waals surface area contributed by atoms with Crippen molar-refractivity contribution in [2.75, 3.05) is 0 Å². The molecule has 0 aliphatic rings. The Kier molecular flexibility index (Phi) is 2.52. The van der Waals surface area contributed by atoms with Crippen LogP contribution in [-0.2, 0) is 0 Å². The van der Waals surface area contributed by atoms with Crippen molar-refractivity contribution in [2.45, 2.75) is 21.7 Å². The van der Waals surface area contributed by atoms with Crippen molar-refractivity contribution in [3.63, 3.8) is 0 Å². The standard InChI is InChI=1S/C5H5N2.3CH3.Sn/c1-5-4-6-2-3-7-5;;;;/h2,4H,1H3;3*1H3;. The van der Waals surface area contributed by atoms with Crippen LogP contribution in [0.15, 0.2) is 12.4 Å². The number of rotatable bonds is 1. The van der Waals surface area contributed by atoms with Crippen LogP contribution in [0.4, 0.5) is 0 Å². The molecule has 0 atom stereocenters. The Balaban J connectivity index is 3.06. The zero-order chi connectivity index (χ0) is 8.48. The summed E-state index contributed by atoms with van der Waals surface area (Å²) in [6.07, 6.45) is 3.73.